The molecule has 12 heteroatoms. The first kappa shape index (κ1) is 36.1. The van der Waals surface area contributed by atoms with Crippen LogP contribution >= 0.6 is 0 Å². The molecule has 0 bridgehead atoms. The third-order valence-electron chi connectivity index (χ3n) is 9.11. The van der Waals surface area contributed by atoms with Gasteiger partial charge in [-0.25, -0.2) is 14.4 Å². The van der Waals surface area contributed by atoms with Gasteiger partial charge in [0.2, 0.25) is 0 Å². The number of allylic oxidation sites excluding steroid dienone is 5. The van der Waals surface area contributed by atoms with Gasteiger partial charge in [-0.3, -0.25) is 10.4 Å². The van der Waals surface area contributed by atoms with Gasteiger partial charge in [-0.15, -0.1) is 0 Å². The van der Waals surface area contributed by atoms with Gasteiger partial charge in [0, 0.05) is 17.9 Å². The van der Waals surface area contributed by atoms with E-state index in [9.17, 15) is 24.8 Å². The van der Waals surface area contributed by atoms with Crippen molar-refractivity contribution in [2.45, 2.75) is 39.7 Å². The Hall–Kier alpha value is -4.75. The Morgan fingerprint density at radius 2 is 1.50 bits per heavy atom. The molecule has 1 saturated carbocycles. The van der Waals surface area contributed by atoms with Gasteiger partial charge in [-0.1, -0.05) is 42.4 Å². The molecule has 12 nitrogen and oxygen atoms in total. The van der Waals surface area contributed by atoms with E-state index in [-0.39, 0.29) is 69.2 Å². The molecule has 1 fully saturated rings. The molecule has 256 valence electrons. The summed E-state index contributed by atoms with van der Waals surface area (Å²) in [6.45, 7) is 6.19. The molecular formula is C36H40N2O10-2. The van der Waals surface area contributed by atoms with Crippen LogP contribution < -0.4 is 10.5 Å². The number of hydrogen-bond donors (Lipinski definition) is 2. The maximum atomic E-state index is 13.2. The van der Waals surface area contributed by atoms with Crippen LogP contribution in [0.3, 0.4) is 0 Å². The van der Waals surface area contributed by atoms with Gasteiger partial charge in [0.05, 0.1) is 29.6 Å². The molecule has 2 aliphatic carbocycles. The molecule has 0 spiro atoms. The van der Waals surface area contributed by atoms with E-state index in [4.69, 9.17) is 24.6 Å². The van der Waals surface area contributed by atoms with Crippen LogP contribution in [0, 0.1) is 40.0 Å². The number of esters is 3. The van der Waals surface area contributed by atoms with E-state index in [1.54, 1.807) is 6.08 Å². The zero-order valence-electron chi connectivity index (χ0n) is 27.2. The maximum absolute atomic E-state index is 13.2. The number of nitrogens with zero attached hydrogens (tertiary/aromatic N) is 2. The number of carbonyl (C=O) groups is 3. The predicted molar refractivity (Wildman–Crippen MR) is 178 cm³/mol. The van der Waals surface area contributed by atoms with Gasteiger partial charge in [0.25, 0.3) is 0 Å². The molecule has 6 atom stereocenters. The quantitative estimate of drug-likeness (QED) is 0.0666. The average molecular weight is 661 g/mol. The highest BCUT2D eigenvalue weighted by Crippen LogP contribution is 2.51. The van der Waals surface area contributed by atoms with Gasteiger partial charge in [0.15, 0.2) is 0 Å². The second kappa shape index (κ2) is 16.4. The van der Waals surface area contributed by atoms with Crippen molar-refractivity contribution in [2.75, 3.05) is 24.2 Å². The fraction of sp³-hybridized carbons (Fsp3) is 0.361. The highest BCUT2D eigenvalue weighted by atomic mass is 16.8. The Morgan fingerprint density at radius 1 is 0.917 bits per heavy atom. The number of benzene rings is 2. The van der Waals surface area contributed by atoms with Crippen molar-refractivity contribution in [1.82, 2.24) is 0 Å². The van der Waals surface area contributed by atoms with Crippen molar-refractivity contribution >= 4 is 29.3 Å². The Balaban J connectivity index is 1.58. The zero-order valence-corrected chi connectivity index (χ0v) is 27.2. The summed E-state index contributed by atoms with van der Waals surface area (Å²) < 4.78 is 16.3. The molecule has 0 aromatic heterocycles. The molecule has 2 aliphatic rings. The molecule has 4 rings (SSSR count). The van der Waals surface area contributed by atoms with E-state index in [0.717, 1.165) is 17.6 Å². The monoisotopic (exact) mass is 660 g/mol. The Morgan fingerprint density at radius 3 is 2.06 bits per heavy atom. The molecular weight excluding hydrogens is 620 g/mol. The van der Waals surface area contributed by atoms with Gasteiger partial charge >= 0.3 is 17.9 Å². The minimum absolute atomic E-state index is 0.00219. The van der Waals surface area contributed by atoms with Crippen LogP contribution in [0.1, 0.15) is 54.3 Å². The smallest absolute Gasteiger partial charge is 0.338 e. The molecule has 0 aliphatic heterocycles. The molecule has 0 unspecified atom stereocenters. The molecule has 0 radical (unpaired) electrons. The van der Waals surface area contributed by atoms with Crippen LogP contribution in [0.5, 0.6) is 0 Å². The summed E-state index contributed by atoms with van der Waals surface area (Å²) in [6.07, 6.45) is 12.0. The molecule has 2 aromatic rings. The number of ether oxygens (including phenoxy) is 3. The summed E-state index contributed by atoms with van der Waals surface area (Å²) >= 11 is 0. The van der Waals surface area contributed by atoms with E-state index in [1.165, 1.54) is 61.7 Å². The first-order valence-electron chi connectivity index (χ1n) is 15.6. The second-order valence-electron chi connectivity index (χ2n) is 12.1. The van der Waals surface area contributed by atoms with Gasteiger partial charge in [-0.2, -0.15) is 0 Å². The minimum atomic E-state index is -0.580. The van der Waals surface area contributed by atoms with Crippen LogP contribution in [0.25, 0.3) is 0 Å². The van der Waals surface area contributed by atoms with E-state index < -0.39 is 24.0 Å². The number of fused-ring (bicyclic) bond motifs is 1. The van der Waals surface area contributed by atoms with E-state index in [2.05, 4.69) is 19.1 Å². The summed E-state index contributed by atoms with van der Waals surface area (Å²) in [6, 6.07) is 11.0. The van der Waals surface area contributed by atoms with Crippen molar-refractivity contribution in [3.05, 3.63) is 118 Å². The van der Waals surface area contributed by atoms with Crippen molar-refractivity contribution in [2.24, 2.45) is 29.6 Å². The highest BCUT2D eigenvalue weighted by molar-refractivity contribution is 5.90. The SMILES string of the molecule is COC(=O)/C=C/C=C/[C@@H]1[C@@H]2[C@@H](C=C(C)[C@@H]1/C(C)=C/COC(=O)c1ccc(N([O-])O)cc1)[C@H](OC(=O)c1ccc(N([O-])O)cc1)CC[C@H]2C. The zero-order chi connectivity index (χ0) is 35.0. The highest BCUT2D eigenvalue weighted by Gasteiger charge is 2.47. The number of hydrogen-bond acceptors (Lipinski definition) is 12. The lowest BCUT2D eigenvalue weighted by atomic mass is 9.57. The van der Waals surface area contributed by atoms with Crippen LogP contribution in [0.15, 0.2) is 96.1 Å². The maximum Gasteiger partial charge on any atom is 0.338 e. The summed E-state index contributed by atoms with van der Waals surface area (Å²) in [4.78, 5) is 37.5. The molecule has 48 heavy (non-hydrogen) atoms. The average Bonchev–Trinajstić information content (AvgIpc) is 3.07. The first-order valence-corrected chi connectivity index (χ1v) is 15.6. The Kier molecular flexibility index (Phi) is 12.3. The third-order valence-corrected chi connectivity index (χ3v) is 9.11. The fourth-order valence-corrected chi connectivity index (χ4v) is 6.78. The summed E-state index contributed by atoms with van der Waals surface area (Å²) in [5, 5.41) is 39.8. The predicted octanol–water partition coefficient (Wildman–Crippen LogP) is 6.54. The lowest BCUT2D eigenvalue weighted by Crippen LogP contribution is -2.46. The van der Waals surface area contributed by atoms with E-state index in [0.29, 0.717) is 6.42 Å². The first-order chi connectivity index (χ1) is 22.9. The standard InChI is InChI=1S/C36H40N2O10/c1-22-9-18-31(48-36(41)26-12-16-28(17-13-26)38(44)45)30-21-24(3)33(29(34(22)30)7-5-6-8-32(39)46-4)23(2)19-20-47-35(40)25-10-14-27(15-11-25)37(42)43/h5-8,10-17,19,21-22,29-31,33-34,42,44H,9,18,20H2,1-4H3/q-2/b7-5+,8-6+,23-19+/t22-,29+,30+,31-,33+,34-/m1/s1. The van der Waals surface area contributed by atoms with Crippen molar-refractivity contribution in [3.63, 3.8) is 0 Å². The normalized spacial score (nSPS) is 24.1. The molecule has 0 saturated heterocycles. The number of carbonyl (C=O) groups excluding carboxylic acids is 3. The van der Waals surface area contributed by atoms with Crippen LogP contribution in [0.2, 0.25) is 0 Å². The number of anilines is 2. The molecule has 2 N–H and O–H groups in total. The van der Waals surface area contributed by atoms with Crippen LogP contribution in [-0.2, 0) is 19.0 Å². The number of rotatable bonds is 11. The van der Waals surface area contributed by atoms with Crippen LogP contribution in [-0.4, -0.2) is 48.1 Å². The summed E-state index contributed by atoms with van der Waals surface area (Å²) in [5.74, 6) is -1.48. The molecule has 0 heterocycles. The summed E-state index contributed by atoms with van der Waals surface area (Å²) in [5.41, 5.74) is 2.51. The van der Waals surface area contributed by atoms with E-state index in [1.807, 2.05) is 26.0 Å². The van der Waals surface area contributed by atoms with Crippen molar-refractivity contribution < 1.29 is 39.0 Å². The van der Waals surface area contributed by atoms with Crippen LogP contribution in [0.4, 0.5) is 11.4 Å². The largest absolute Gasteiger partial charge is 0.733 e. The van der Waals surface area contributed by atoms with Crippen molar-refractivity contribution in [1.29, 1.82) is 0 Å². The molecule has 2 aromatic carbocycles. The minimum Gasteiger partial charge on any atom is -0.733 e. The summed E-state index contributed by atoms with van der Waals surface area (Å²) in [7, 11) is 1.31. The van der Waals surface area contributed by atoms with Gasteiger partial charge in [0.1, 0.15) is 12.7 Å². The Bertz CT molecular complexity index is 1560. The van der Waals surface area contributed by atoms with Crippen molar-refractivity contribution in [3.8, 4) is 0 Å². The molecule has 0 amide bonds. The van der Waals surface area contributed by atoms with Gasteiger partial charge in [-0.05, 0) is 99.0 Å². The van der Waals surface area contributed by atoms with Gasteiger partial charge < -0.3 is 35.1 Å². The second-order valence-corrected chi connectivity index (χ2v) is 12.1. The lowest BCUT2D eigenvalue weighted by Gasteiger charge is -2.49. The lowest BCUT2D eigenvalue weighted by molar-refractivity contribution is -0.134. The van der Waals surface area contributed by atoms with E-state index >= 15 is 0 Å². The fourth-order valence-electron chi connectivity index (χ4n) is 6.78. The Labute approximate surface area is 279 Å². The number of methoxy groups -OCH3 is 1. The topological polar surface area (TPSA) is 172 Å². The third kappa shape index (κ3) is 8.78.